The van der Waals surface area contributed by atoms with E-state index >= 15 is 0 Å². The van der Waals surface area contributed by atoms with Gasteiger partial charge in [0.15, 0.2) is 5.60 Å². The van der Waals surface area contributed by atoms with Crippen LogP contribution in [-0.4, -0.2) is 40.6 Å². The number of carbonyl (C=O) groups excluding carboxylic acids is 1. The van der Waals surface area contributed by atoms with Crippen LogP contribution in [-0.2, 0) is 14.4 Å². The van der Waals surface area contributed by atoms with Gasteiger partial charge in [0.2, 0.25) is 0 Å². The predicted octanol–water partition coefficient (Wildman–Crippen LogP) is 5.14. The quantitative estimate of drug-likeness (QED) is 0.383. The monoisotopic (exact) mass is 449 g/mol. The number of rotatable bonds is 10. The highest BCUT2D eigenvalue weighted by atomic mass is 35.5. The smallest absolute Gasteiger partial charge is 0.349 e. The second kappa shape index (κ2) is 10.3. The number of hydrogen-bond donors (Lipinski definition) is 2. The average molecular weight is 450 g/mol. The molecule has 0 bridgehead atoms. The Bertz CT molecular complexity index is 891. The molecule has 0 aliphatic carbocycles. The van der Waals surface area contributed by atoms with Crippen LogP contribution in [0.2, 0.25) is 5.02 Å². The molecule has 0 unspecified atom stereocenters. The van der Waals surface area contributed by atoms with E-state index in [0.29, 0.717) is 10.8 Å². The van der Waals surface area contributed by atoms with Crippen molar-refractivity contribution in [2.75, 3.05) is 13.2 Å². The van der Waals surface area contributed by atoms with E-state index in [2.05, 4.69) is 11.4 Å². The van der Waals surface area contributed by atoms with Crippen LogP contribution in [0.25, 0.3) is 5.57 Å². The average Bonchev–Trinajstić information content (AvgIpc) is 2.71. The van der Waals surface area contributed by atoms with Gasteiger partial charge < -0.3 is 9.47 Å². The van der Waals surface area contributed by atoms with E-state index < -0.39 is 17.0 Å². The fourth-order valence-corrected chi connectivity index (χ4v) is 2.71. The summed E-state index contributed by atoms with van der Waals surface area (Å²) in [7, 11) is 0. The molecule has 0 saturated carbocycles. The zero-order chi connectivity index (χ0) is 23.2. The molecule has 0 saturated heterocycles. The van der Waals surface area contributed by atoms with Gasteiger partial charge in [0.05, 0.1) is 18.6 Å². The Morgan fingerprint density at radius 1 is 0.968 bits per heavy atom. The molecule has 0 aliphatic heterocycles. The molecule has 31 heavy (non-hydrogen) atoms. The van der Waals surface area contributed by atoms with Crippen molar-refractivity contribution in [2.45, 2.75) is 33.3 Å². The lowest BCUT2D eigenvalue weighted by atomic mass is 9.96. The third kappa shape index (κ3) is 7.65. The van der Waals surface area contributed by atoms with Gasteiger partial charge in [-0.25, -0.2) is 4.79 Å². The molecule has 0 radical (unpaired) electrons. The lowest BCUT2D eigenvalue weighted by molar-refractivity contribution is -0.497. The number of ether oxygens (including phenoxy) is 2. The van der Waals surface area contributed by atoms with Gasteiger partial charge in [0.25, 0.3) is 0 Å². The summed E-state index contributed by atoms with van der Waals surface area (Å²) in [6.45, 7) is 10.8. The molecule has 0 aliphatic rings. The first-order valence-corrected chi connectivity index (χ1v) is 10.00. The molecule has 8 heteroatoms. The van der Waals surface area contributed by atoms with Gasteiger partial charge in [-0.15, -0.1) is 0 Å². The lowest BCUT2D eigenvalue weighted by Crippen LogP contribution is -2.42. The molecule has 0 fully saturated rings. The van der Waals surface area contributed by atoms with Gasteiger partial charge in [-0.3, -0.25) is 15.3 Å². The van der Waals surface area contributed by atoms with Gasteiger partial charge in [-0.2, -0.15) is 0 Å². The summed E-state index contributed by atoms with van der Waals surface area (Å²) in [5.41, 5.74) is 0.846. The minimum absolute atomic E-state index is 0.00627. The molecule has 0 atom stereocenters. The Morgan fingerprint density at radius 2 is 1.48 bits per heavy atom. The van der Waals surface area contributed by atoms with Crippen molar-refractivity contribution in [3.05, 3.63) is 71.3 Å². The van der Waals surface area contributed by atoms with E-state index in [1.165, 1.54) is 0 Å². The van der Waals surface area contributed by atoms with Gasteiger partial charge >= 0.3 is 5.97 Å². The molecule has 168 valence electrons. The highest BCUT2D eigenvalue weighted by Gasteiger charge is 2.34. The summed E-state index contributed by atoms with van der Waals surface area (Å²) in [6, 6.07) is 14.7. The Hall–Kier alpha value is -2.42. The first-order chi connectivity index (χ1) is 14.4. The molecule has 0 spiro atoms. The van der Waals surface area contributed by atoms with Crippen LogP contribution in [0.5, 0.6) is 5.75 Å². The van der Waals surface area contributed by atoms with Crippen molar-refractivity contribution >= 4 is 23.1 Å². The second-order valence-corrected chi connectivity index (χ2v) is 8.83. The number of halogens is 1. The number of benzene rings is 2. The highest BCUT2D eigenvalue weighted by molar-refractivity contribution is 6.30. The number of hydrogen-bond acceptors (Lipinski definition) is 7. The first-order valence-electron chi connectivity index (χ1n) is 9.62. The van der Waals surface area contributed by atoms with Gasteiger partial charge in [-0.05, 0) is 54.8 Å². The standard InChI is InChI=1S/C23H28ClNO6/c1-16(17-6-10-19(24)11-7-17)18-8-12-20(13-9-18)31-23(4,5)21(26)29-14-22(2,3)15-30-25(27)28/h6-13,27-28H,1,14-15H2,2-5H3. The van der Waals surface area contributed by atoms with Crippen molar-refractivity contribution in [3.8, 4) is 5.75 Å². The molecule has 0 aromatic heterocycles. The Labute approximate surface area is 187 Å². The van der Waals surface area contributed by atoms with E-state index in [1.54, 1.807) is 39.8 Å². The maximum atomic E-state index is 12.5. The lowest BCUT2D eigenvalue weighted by Gasteiger charge is -2.28. The fourth-order valence-electron chi connectivity index (χ4n) is 2.59. The molecule has 0 heterocycles. The largest absolute Gasteiger partial charge is 0.476 e. The minimum atomic E-state index is -1.23. The molecule has 2 rings (SSSR count). The molecule has 2 N–H and O–H groups in total. The molecular weight excluding hydrogens is 422 g/mol. The van der Waals surface area contributed by atoms with Crippen molar-refractivity contribution in [1.29, 1.82) is 0 Å². The topological polar surface area (TPSA) is 88.5 Å². The summed E-state index contributed by atoms with van der Waals surface area (Å²) < 4.78 is 11.2. The Balaban J connectivity index is 1.96. The van der Waals surface area contributed by atoms with E-state index in [9.17, 15) is 4.79 Å². The van der Waals surface area contributed by atoms with E-state index in [0.717, 1.165) is 16.7 Å². The maximum Gasteiger partial charge on any atom is 0.349 e. The van der Waals surface area contributed by atoms with Gasteiger partial charge in [0, 0.05) is 10.4 Å². The molecule has 2 aromatic rings. The molecule has 2 aromatic carbocycles. The van der Waals surface area contributed by atoms with E-state index in [1.807, 2.05) is 36.4 Å². The highest BCUT2D eigenvalue weighted by Crippen LogP contribution is 2.27. The summed E-state index contributed by atoms with van der Waals surface area (Å²) in [5, 5.41) is 17.6. The fraction of sp³-hybridized carbons (Fsp3) is 0.348. The molecule has 7 nitrogen and oxygen atoms in total. The Morgan fingerprint density at radius 3 is 2.00 bits per heavy atom. The third-order valence-electron chi connectivity index (χ3n) is 4.42. The summed E-state index contributed by atoms with van der Waals surface area (Å²) in [6.07, 6.45) is 0. The zero-order valence-corrected chi connectivity index (χ0v) is 18.8. The van der Waals surface area contributed by atoms with Crippen molar-refractivity contribution in [2.24, 2.45) is 5.41 Å². The van der Waals surface area contributed by atoms with Crippen molar-refractivity contribution in [3.63, 3.8) is 0 Å². The summed E-state index contributed by atoms with van der Waals surface area (Å²) in [4.78, 5) is 17.1. The first kappa shape index (κ1) is 24.8. The van der Waals surface area contributed by atoms with Crippen LogP contribution in [0.1, 0.15) is 38.8 Å². The Kier molecular flexibility index (Phi) is 8.22. The van der Waals surface area contributed by atoms with Crippen LogP contribution in [0.3, 0.4) is 0 Å². The summed E-state index contributed by atoms with van der Waals surface area (Å²) in [5.74, 6) is -0.0477. The SMILES string of the molecule is C=C(c1ccc(Cl)cc1)c1ccc(OC(C)(C)C(=O)OCC(C)(C)CON(O)O)cc1. The normalized spacial score (nSPS) is 12.0. The number of nitrogens with zero attached hydrogens (tertiary/aromatic N) is 1. The number of esters is 1. The van der Waals surface area contributed by atoms with Gasteiger partial charge in [-0.1, -0.05) is 56.3 Å². The van der Waals surface area contributed by atoms with E-state index in [4.69, 9.17) is 31.5 Å². The van der Waals surface area contributed by atoms with Crippen LogP contribution >= 0.6 is 11.6 Å². The maximum absolute atomic E-state index is 12.5. The van der Waals surface area contributed by atoms with Crippen LogP contribution < -0.4 is 4.74 Å². The van der Waals surface area contributed by atoms with Crippen molar-refractivity contribution in [1.82, 2.24) is 5.39 Å². The zero-order valence-electron chi connectivity index (χ0n) is 18.1. The number of carbonyl (C=O) groups is 1. The summed E-state index contributed by atoms with van der Waals surface area (Å²) >= 11 is 5.93. The van der Waals surface area contributed by atoms with Gasteiger partial charge in [0.1, 0.15) is 5.75 Å². The minimum Gasteiger partial charge on any atom is -0.476 e. The molecular formula is C23H28ClNO6. The van der Waals surface area contributed by atoms with E-state index in [-0.39, 0.29) is 18.6 Å². The van der Waals surface area contributed by atoms with Crippen LogP contribution in [0.4, 0.5) is 0 Å². The predicted molar refractivity (Wildman–Crippen MR) is 117 cm³/mol. The van der Waals surface area contributed by atoms with Crippen molar-refractivity contribution < 1.29 is 29.5 Å². The van der Waals surface area contributed by atoms with Crippen LogP contribution in [0.15, 0.2) is 55.1 Å². The third-order valence-corrected chi connectivity index (χ3v) is 4.68. The second-order valence-electron chi connectivity index (χ2n) is 8.39. The molecule has 0 amide bonds. The van der Waals surface area contributed by atoms with Crippen LogP contribution in [0, 0.1) is 5.41 Å².